The fourth-order valence-corrected chi connectivity index (χ4v) is 5.12. The summed E-state index contributed by atoms with van der Waals surface area (Å²) in [6.45, 7) is 2.81. The van der Waals surface area contributed by atoms with Gasteiger partial charge in [-0.15, -0.1) is 11.3 Å². The van der Waals surface area contributed by atoms with Gasteiger partial charge in [0.15, 0.2) is 5.13 Å². The van der Waals surface area contributed by atoms with E-state index >= 15 is 0 Å². The number of aryl methyl sites for hydroxylation is 1. The van der Waals surface area contributed by atoms with Gasteiger partial charge < -0.3 is 5.32 Å². The molecule has 0 saturated carbocycles. The number of thiazole rings is 1. The summed E-state index contributed by atoms with van der Waals surface area (Å²) in [6, 6.07) is 7.12. The van der Waals surface area contributed by atoms with Gasteiger partial charge in [-0.2, -0.15) is 4.31 Å². The molecule has 3 rings (SSSR count). The molecule has 6 nitrogen and oxygen atoms in total. The van der Waals surface area contributed by atoms with Crippen LogP contribution in [0.3, 0.4) is 0 Å². The number of rotatable bonds is 6. The molecule has 2 aromatic rings. The highest BCUT2D eigenvalue weighted by Crippen LogP contribution is 2.25. The maximum atomic E-state index is 12.8. The highest BCUT2D eigenvalue weighted by atomic mass is 32.2. The van der Waals surface area contributed by atoms with Crippen molar-refractivity contribution in [2.45, 2.75) is 37.5 Å². The van der Waals surface area contributed by atoms with Crippen LogP contribution in [0, 0.1) is 5.92 Å². The zero-order valence-electron chi connectivity index (χ0n) is 14.7. The van der Waals surface area contributed by atoms with Crippen molar-refractivity contribution >= 4 is 32.4 Å². The summed E-state index contributed by atoms with van der Waals surface area (Å²) in [5, 5.41) is 5.18. The number of sulfonamides is 1. The average molecular weight is 394 g/mol. The zero-order chi connectivity index (χ0) is 18.6. The maximum absolute atomic E-state index is 12.8. The van der Waals surface area contributed by atoms with Crippen LogP contribution in [-0.2, 0) is 21.2 Å². The van der Waals surface area contributed by atoms with Crippen molar-refractivity contribution in [1.29, 1.82) is 0 Å². The molecule has 0 bridgehead atoms. The molecule has 1 aromatic heterocycles. The normalized spacial score (nSPS) is 16.5. The zero-order valence-corrected chi connectivity index (χ0v) is 16.4. The molecule has 1 fully saturated rings. The van der Waals surface area contributed by atoms with Crippen LogP contribution in [-0.4, -0.2) is 36.7 Å². The Morgan fingerprint density at radius 1 is 1.27 bits per heavy atom. The third-order valence-electron chi connectivity index (χ3n) is 4.59. The van der Waals surface area contributed by atoms with Crippen LogP contribution >= 0.6 is 11.3 Å². The van der Waals surface area contributed by atoms with E-state index in [9.17, 15) is 13.2 Å². The Kier molecular flexibility index (Phi) is 6.05. The number of anilines is 1. The molecular formula is C18H23N3O3S2. The molecule has 1 aliphatic heterocycles. The summed E-state index contributed by atoms with van der Waals surface area (Å²) in [5.41, 5.74) is 1.14. The van der Waals surface area contributed by atoms with E-state index in [0.29, 0.717) is 36.0 Å². The number of nitrogens with one attached hydrogen (secondary N) is 1. The van der Waals surface area contributed by atoms with Crippen LogP contribution in [0.15, 0.2) is 40.7 Å². The monoisotopic (exact) mass is 393 g/mol. The largest absolute Gasteiger partial charge is 0.302 e. The Morgan fingerprint density at radius 3 is 2.54 bits per heavy atom. The lowest BCUT2D eigenvalue weighted by atomic mass is 9.97. The van der Waals surface area contributed by atoms with E-state index in [1.165, 1.54) is 15.6 Å². The van der Waals surface area contributed by atoms with Gasteiger partial charge in [0, 0.05) is 30.6 Å². The summed E-state index contributed by atoms with van der Waals surface area (Å²) in [7, 11) is -3.50. The molecule has 8 heteroatoms. The number of piperidine rings is 1. The van der Waals surface area contributed by atoms with Crippen LogP contribution in [0.25, 0.3) is 0 Å². The Bertz CT molecular complexity index is 825. The number of hydrogen-bond acceptors (Lipinski definition) is 5. The van der Waals surface area contributed by atoms with Gasteiger partial charge >= 0.3 is 0 Å². The molecule has 1 aromatic carbocycles. The molecule has 0 unspecified atom stereocenters. The van der Waals surface area contributed by atoms with E-state index in [0.717, 1.165) is 18.4 Å². The summed E-state index contributed by atoms with van der Waals surface area (Å²) in [4.78, 5) is 16.6. The highest BCUT2D eigenvalue weighted by molar-refractivity contribution is 7.89. The first kappa shape index (κ1) is 19.0. The van der Waals surface area contributed by atoms with E-state index in [4.69, 9.17) is 0 Å². The lowest BCUT2D eigenvalue weighted by Gasteiger charge is -2.30. The first-order chi connectivity index (χ1) is 12.5. The number of carbonyl (C=O) groups is 1. The maximum Gasteiger partial charge on any atom is 0.243 e. The first-order valence-electron chi connectivity index (χ1n) is 8.80. The van der Waals surface area contributed by atoms with Crippen LogP contribution in [0.4, 0.5) is 5.13 Å². The topological polar surface area (TPSA) is 79.4 Å². The molecule has 0 aliphatic carbocycles. The fraction of sp³-hybridized carbons (Fsp3) is 0.444. The molecule has 26 heavy (non-hydrogen) atoms. The lowest BCUT2D eigenvalue weighted by Crippen LogP contribution is -2.41. The van der Waals surface area contributed by atoms with E-state index < -0.39 is 10.0 Å². The molecule has 1 amide bonds. The number of benzene rings is 1. The Labute approximate surface area is 158 Å². The van der Waals surface area contributed by atoms with E-state index in [2.05, 4.69) is 17.2 Å². The van der Waals surface area contributed by atoms with Gasteiger partial charge in [0.1, 0.15) is 0 Å². The minimum absolute atomic E-state index is 0.0825. The third kappa shape index (κ3) is 4.31. The molecule has 1 aliphatic rings. The van der Waals surface area contributed by atoms with Gasteiger partial charge in [-0.1, -0.05) is 25.5 Å². The van der Waals surface area contributed by atoms with Crippen molar-refractivity contribution in [1.82, 2.24) is 9.29 Å². The van der Waals surface area contributed by atoms with Gasteiger partial charge in [-0.05, 0) is 37.0 Å². The number of carbonyl (C=O) groups excluding carboxylic acids is 1. The predicted molar refractivity (Wildman–Crippen MR) is 103 cm³/mol. The Morgan fingerprint density at radius 2 is 1.96 bits per heavy atom. The van der Waals surface area contributed by atoms with Crippen LogP contribution in [0.1, 0.15) is 31.7 Å². The van der Waals surface area contributed by atoms with Gasteiger partial charge in [0.25, 0.3) is 0 Å². The van der Waals surface area contributed by atoms with Crippen molar-refractivity contribution in [2.24, 2.45) is 5.92 Å². The second-order valence-electron chi connectivity index (χ2n) is 6.40. The summed E-state index contributed by atoms with van der Waals surface area (Å²) < 4.78 is 27.1. The summed E-state index contributed by atoms with van der Waals surface area (Å²) >= 11 is 1.37. The smallest absolute Gasteiger partial charge is 0.243 e. The lowest BCUT2D eigenvalue weighted by molar-refractivity contribution is -0.120. The van der Waals surface area contributed by atoms with Crippen molar-refractivity contribution in [3.05, 3.63) is 41.4 Å². The van der Waals surface area contributed by atoms with E-state index in [1.807, 2.05) is 12.1 Å². The molecule has 0 atom stereocenters. The van der Waals surface area contributed by atoms with Gasteiger partial charge in [0.2, 0.25) is 15.9 Å². The number of amides is 1. The molecule has 1 N–H and O–H groups in total. The molecule has 0 spiro atoms. The second-order valence-corrected chi connectivity index (χ2v) is 9.23. The van der Waals surface area contributed by atoms with E-state index in [-0.39, 0.29) is 11.8 Å². The van der Waals surface area contributed by atoms with Crippen LogP contribution in [0.5, 0.6) is 0 Å². The summed E-state index contributed by atoms with van der Waals surface area (Å²) in [5.74, 6) is -0.266. The fourth-order valence-electron chi connectivity index (χ4n) is 3.12. The van der Waals surface area contributed by atoms with E-state index in [1.54, 1.807) is 23.7 Å². The first-order valence-corrected chi connectivity index (χ1v) is 11.1. The number of nitrogens with zero attached hydrogens (tertiary/aromatic N) is 2. The minimum Gasteiger partial charge on any atom is -0.302 e. The Hall–Kier alpha value is -1.77. The van der Waals surface area contributed by atoms with Crippen molar-refractivity contribution < 1.29 is 13.2 Å². The van der Waals surface area contributed by atoms with Crippen LogP contribution in [0.2, 0.25) is 0 Å². The third-order valence-corrected chi connectivity index (χ3v) is 7.19. The number of hydrogen-bond donors (Lipinski definition) is 1. The van der Waals surface area contributed by atoms with Crippen molar-refractivity contribution in [2.75, 3.05) is 18.4 Å². The summed E-state index contributed by atoms with van der Waals surface area (Å²) in [6.07, 6.45) is 4.65. The molecule has 1 saturated heterocycles. The van der Waals surface area contributed by atoms with Crippen molar-refractivity contribution in [3.63, 3.8) is 0 Å². The SMILES string of the molecule is CCCc1ccc(S(=O)(=O)N2CCC(C(=O)Nc3nccs3)CC2)cc1. The highest BCUT2D eigenvalue weighted by Gasteiger charge is 2.32. The van der Waals surface area contributed by atoms with Crippen LogP contribution < -0.4 is 5.32 Å². The van der Waals surface area contributed by atoms with Gasteiger partial charge in [0.05, 0.1) is 4.90 Å². The molecule has 2 heterocycles. The number of aromatic nitrogens is 1. The second kappa shape index (κ2) is 8.28. The Balaban J connectivity index is 1.60. The quantitative estimate of drug-likeness (QED) is 0.818. The molecular weight excluding hydrogens is 370 g/mol. The molecule has 0 radical (unpaired) electrons. The van der Waals surface area contributed by atoms with Gasteiger partial charge in [-0.3, -0.25) is 4.79 Å². The average Bonchev–Trinajstić information content (AvgIpc) is 3.15. The minimum atomic E-state index is -3.50. The van der Waals surface area contributed by atoms with Crippen molar-refractivity contribution in [3.8, 4) is 0 Å². The standard InChI is InChI=1S/C18H23N3O3S2/c1-2-3-14-4-6-16(7-5-14)26(23,24)21-11-8-15(9-12-21)17(22)20-18-19-10-13-25-18/h4-7,10,13,15H,2-3,8-9,11-12H2,1H3,(H,19,20,22). The molecule has 140 valence electrons. The predicted octanol–water partition coefficient (Wildman–Crippen LogP) is 3.14. The van der Waals surface area contributed by atoms with Gasteiger partial charge in [-0.25, -0.2) is 13.4 Å².